The first-order valence-electron chi connectivity index (χ1n) is 5.49. The Bertz CT molecular complexity index is 551. The quantitative estimate of drug-likeness (QED) is 0.901. The predicted molar refractivity (Wildman–Crippen MR) is 69.0 cm³/mol. The van der Waals surface area contributed by atoms with Crippen molar-refractivity contribution >= 4 is 17.3 Å². The van der Waals surface area contributed by atoms with Crippen LogP contribution in [0.2, 0.25) is 0 Å². The average Bonchev–Trinajstić information content (AvgIpc) is 2.73. The fourth-order valence-electron chi connectivity index (χ4n) is 1.57. The van der Waals surface area contributed by atoms with Gasteiger partial charge in [0.05, 0.1) is 16.3 Å². The zero-order valence-corrected chi connectivity index (χ0v) is 10.7. The van der Waals surface area contributed by atoms with Gasteiger partial charge in [-0.1, -0.05) is 18.2 Å². The third-order valence-electron chi connectivity index (χ3n) is 2.35. The smallest absolute Gasteiger partial charge is 0.307 e. The van der Waals surface area contributed by atoms with Gasteiger partial charge in [0.15, 0.2) is 0 Å². The zero-order valence-electron chi connectivity index (χ0n) is 9.92. The van der Waals surface area contributed by atoms with E-state index in [0.29, 0.717) is 17.9 Å². The molecule has 0 unspecified atom stereocenters. The largest absolute Gasteiger partial charge is 0.488 e. The van der Waals surface area contributed by atoms with E-state index >= 15 is 0 Å². The summed E-state index contributed by atoms with van der Waals surface area (Å²) in [5.74, 6) is -0.245. The minimum atomic E-state index is -0.861. The van der Waals surface area contributed by atoms with Gasteiger partial charge in [-0.15, -0.1) is 11.3 Å². The number of rotatable bonds is 5. The fourth-order valence-corrected chi connectivity index (χ4v) is 2.28. The molecule has 0 fully saturated rings. The van der Waals surface area contributed by atoms with Crippen LogP contribution in [0.1, 0.15) is 15.4 Å². The van der Waals surface area contributed by atoms with Crippen molar-refractivity contribution in [3.63, 3.8) is 0 Å². The normalized spacial score (nSPS) is 10.3. The van der Waals surface area contributed by atoms with Crippen LogP contribution < -0.4 is 4.74 Å². The molecule has 0 aliphatic rings. The summed E-state index contributed by atoms with van der Waals surface area (Å²) < 4.78 is 5.64. The van der Waals surface area contributed by atoms with Crippen LogP contribution in [-0.2, 0) is 17.8 Å². The number of thiazole rings is 1. The molecule has 0 radical (unpaired) electrons. The second-order valence-corrected chi connectivity index (χ2v) is 5.13. The number of aromatic nitrogens is 1. The highest BCUT2D eigenvalue weighted by atomic mass is 32.1. The standard InChI is InChI=1S/C13H13NO3S/c1-9-14-7-11(18-9)8-17-12-5-3-2-4-10(12)6-13(15)16/h2-5,7H,6,8H2,1H3,(H,15,16). The molecular weight excluding hydrogens is 250 g/mol. The summed E-state index contributed by atoms with van der Waals surface area (Å²) in [5, 5.41) is 9.81. The fraction of sp³-hybridized carbons (Fsp3) is 0.231. The summed E-state index contributed by atoms with van der Waals surface area (Å²) in [6.45, 7) is 2.36. The molecule has 0 aliphatic carbocycles. The summed E-state index contributed by atoms with van der Waals surface area (Å²) in [5.41, 5.74) is 0.686. The maximum Gasteiger partial charge on any atom is 0.307 e. The van der Waals surface area contributed by atoms with Gasteiger partial charge in [-0.3, -0.25) is 4.79 Å². The van der Waals surface area contributed by atoms with Crippen LogP contribution in [0.15, 0.2) is 30.5 Å². The monoisotopic (exact) mass is 263 g/mol. The average molecular weight is 263 g/mol. The number of aliphatic carboxylic acids is 1. The Kier molecular flexibility index (Phi) is 3.94. The van der Waals surface area contributed by atoms with Crippen LogP contribution in [0.3, 0.4) is 0 Å². The maximum absolute atomic E-state index is 10.7. The first-order valence-corrected chi connectivity index (χ1v) is 6.30. The Morgan fingerprint density at radius 1 is 1.44 bits per heavy atom. The first kappa shape index (κ1) is 12.6. The van der Waals surface area contributed by atoms with E-state index in [4.69, 9.17) is 9.84 Å². The number of aryl methyl sites for hydroxylation is 1. The second kappa shape index (κ2) is 5.64. The zero-order chi connectivity index (χ0) is 13.0. The molecule has 0 atom stereocenters. The number of hydrogen-bond acceptors (Lipinski definition) is 4. The number of carbonyl (C=O) groups is 1. The van der Waals surface area contributed by atoms with Gasteiger partial charge >= 0.3 is 5.97 Å². The Morgan fingerprint density at radius 3 is 2.89 bits per heavy atom. The molecule has 1 aromatic carbocycles. The van der Waals surface area contributed by atoms with Crippen LogP contribution in [0.4, 0.5) is 0 Å². The molecule has 5 heteroatoms. The summed E-state index contributed by atoms with van der Waals surface area (Å²) in [4.78, 5) is 15.9. The van der Waals surface area contributed by atoms with Crippen LogP contribution in [0.5, 0.6) is 5.75 Å². The van der Waals surface area contributed by atoms with E-state index < -0.39 is 5.97 Å². The third kappa shape index (κ3) is 3.30. The highest BCUT2D eigenvalue weighted by Gasteiger charge is 2.08. The molecule has 1 heterocycles. The highest BCUT2D eigenvalue weighted by Crippen LogP contribution is 2.21. The van der Waals surface area contributed by atoms with Crippen molar-refractivity contribution in [2.24, 2.45) is 0 Å². The number of ether oxygens (including phenoxy) is 1. The minimum absolute atomic E-state index is 0.0299. The van der Waals surface area contributed by atoms with E-state index in [2.05, 4.69) is 4.98 Å². The minimum Gasteiger partial charge on any atom is -0.488 e. The van der Waals surface area contributed by atoms with E-state index in [-0.39, 0.29) is 6.42 Å². The Balaban J connectivity index is 2.06. The van der Waals surface area contributed by atoms with Gasteiger partial charge in [0.1, 0.15) is 12.4 Å². The molecule has 2 rings (SSSR count). The number of hydrogen-bond donors (Lipinski definition) is 1. The summed E-state index contributed by atoms with van der Waals surface area (Å²) in [6, 6.07) is 7.19. The molecule has 1 N–H and O–H groups in total. The SMILES string of the molecule is Cc1ncc(COc2ccccc2CC(=O)O)s1. The predicted octanol–water partition coefficient (Wildman–Crippen LogP) is 2.66. The van der Waals surface area contributed by atoms with Crippen molar-refractivity contribution in [3.8, 4) is 5.75 Å². The van der Waals surface area contributed by atoms with Gasteiger partial charge in [0.2, 0.25) is 0 Å². The number of carboxylic acid groups (broad SMARTS) is 1. The summed E-state index contributed by atoms with van der Waals surface area (Å²) in [6.07, 6.45) is 1.75. The van der Waals surface area contributed by atoms with Gasteiger partial charge in [-0.25, -0.2) is 4.98 Å². The van der Waals surface area contributed by atoms with Crippen molar-refractivity contribution in [2.45, 2.75) is 20.0 Å². The van der Waals surface area contributed by atoms with Crippen LogP contribution in [-0.4, -0.2) is 16.1 Å². The molecule has 18 heavy (non-hydrogen) atoms. The van der Waals surface area contributed by atoms with Gasteiger partial charge < -0.3 is 9.84 Å². The lowest BCUT2D eigenvalue weighted by atomic mass is 10.1. The second-order valence-electron chi connectivity index (χ2n) is 3.81. The lowest BCUT2D eigenvalue weighted by Crippen LogP contribution is -2.03. The molecule has 2 aromatic rings. The van der Waals surface area contributed by atoms with Crippen LogP contribution in [0, 0.1) is 6.92 Å². The van der Waals surface area contributed by atoms with Crippen LogP contribution in [0.25, 0.3) is 0 Å². The lowest BCUT2D eigenvalue weighted by Gasteiger charge is -2.08. The van der Waals surface area contributed by atoms with E-state index in [0.717, 1.165) is 9.88 Å². The Hall–Kier alpha value is -1.88. The topological polar surface area (TPSA) is 59.4 Å². The molecule has 94 valence electrons. The molecule has 1 aromatic heterocycles. The molecule has 0 spiro atoms. The number of para-hydroxylation sites is 1. The molecule has 0 amide bonds. The van der Waals surface area contributed by atoms with Crippen molar-refractivity contribution in [2.75, 3.05) is 0 Å². The number of nitrogens with zero attached hydrogens (tertiary/aromatic N) is 1. The maximum atomic E-state index is 10.7. The Morgan fingerprint density at radius 2 is 2.22 bits per heavy atom. The molecule has 0 saturated carbocycles. The molecule has 0 aliphatic heterocycles. The van der Waals surface area contributed by atoms with E-state index in [9.17, 15) is 4.79 Å². The van der Waals surface area contributed by atoms with Crippen molar-refractivity contribution in [1.29, 1.82) is 0 Å². The molecule has 0 saturated heterocycles. The first-order chi connectivity index (χ1) is 8.65. The van der Waals surface area contributed by atoms with E-state index in [1.165, 1.54) is 0 Å². The molecular formula is C13H13NO3S. The van der Waals surface area contributed by atoms with Crippen molar-refractivity contribution in [3.05, 3.63) is 45.9 Å². The van der Waals surface area contributed by atoms with Crippen LogP contribution >= 0.6 is 11.3 Å². The van der Waals surface area contributed by atoms with Crippen molar-refractivity contribution in [1.82, 2.24) is 4.98 Å². The van der Waals surface area contributed by atoms with E-state index in [1.54, 1.807) is 29.7 Å². The third-order valence-corrected chi connectivity index (χ3v) is 3.24. The number of benzene rings is 1. The highest BCUT2D eigenvalue weighted by molar-refractivity contribution is 7.11. The van der Waals surface area contributed by atoms with Crippen molar-refractivity contribution < 1.29 is 14.6 Å². The molecule has 0 bridgehead atoms. The molecule has 4 nitrogen and oxygen atoms in total. The van der Waals surface area contributed by atoms with E-state index in [1.807, 2.05) is 19.1 Å². The van der Waals surface area contributed by atoms with Gasteiger partial charge in [-0.05, 0) is 13.0 Å². The van der Waals surface area contributed by atoms with Gasteiger partial charge in [0.25, 0.3) is 0 Å². The summed E-state index contributed by atoms with van der Waals surface area (Å²) in [7, 11) is 0. The number of carboxylic acids is 1. The van der Waals surface area contributed by atoms with Gasteiger partial charge in [0, 0.05) is 11.8 Å². The summed E-state index contributed by atoms with van der Waals surface area (Å²) >= 11 is 1.57. The Labute approximate surface area is 109 Å². The van der Waals surface area contributed by atoms with Gasteiger partial charge in [-0.2, -0.15) is 0 Å². The lowest BCUT2D eigenvalue weighted by molar-refractivity contribution is -0.136.